The molecule has 0 bridgehead atoms. The Morgan fingerprint density at radius 1 is 1.20 bits per heavy atom. The lowest BCUT2D eigenvalue weighted by molar-refractivity contribution is 0.242. The molecule has 2 N–H and O–H groups in total. The summed E-state index contributed by atoms with van der Waals surface area (Å²) < 4.78 is 14.5. The van der Waals surface area contributed by atoms with E-state index in [1.54, 1.807) is 6.07 Å². The van der Waals surface area contributed by atoms with E-state index < -0.39 is 0 Å². The Morgan fingerprint density at radius 2 is 1.95 bits per heavy atom. The molecule has 3 rings (SSSR count). The van der Waals surface area contributed by atoms with Gasteiger partial charge in [-0.15, -0.1) is 0 Å². The molecule has 1 aliphatic carbocycles. The van der Waals surface area contributed by atoms with Crippen molar-refractivity contribution in [2.24, 2.45) is 11.7 Å². The summed E-state index contributed by atoms with van der Waals surface area (Å²) in [5, 5.41) is 0. The van der Waals surface area contributed by atoms with Crippen LogP contribution in [-0.2, 0) is 0 Å². The van der Waals surface area contributed by atoms with Gasteiger partial charge >= 0.3 is 0 Å². The van der Waals surface area contributed by atoms with Gasteiger partial charge < -0.3 is 10.6 Å². The quantitative estimate of drug-likeness (QED) is 0.884. The molecule has 110 valence electrons. The second-order valence-corrected chi connectivity index (χ2v) is 6.45. The number of halogens is 1. The zero-order chi connectivity index (χ0) is 14.1. The van der Waals surface area contributed by atoms with E-state index >= 15 is 0 Å². The molecule has 0 aromatic heterocycles. The highest BCUT2D eigenvalue weighted by atomic mass is 19.1. The molecule has 3 atom stereocenters. The van der Waals surface area contributed by atoms with Crippen LogP contribution in [0.2, 0.25) is 0 Å². The molecular weight excluding hydrogens is 251 g/mol. The van der Waals surface area contributed by atoms with Crippen molar-refractivity contribution < 1.29 is 4.39 Å². The maximum absolute atomic E-state index is 14.5. The Bertz CT molecular complexity index is 470. The molecule has 1 aromatic rings. The second-order valence-electron chi connectivity index (χ2n) is 6.45. The van der Waals surface area contributed by atoms with Crippen LogP contribution in [-0.4, -0.2) is 12.6 Å². The summed E-state index contributed by atoms with van der Waals surface area (Å²) in [6.45, 7) is 2.89. The number of anilines is 1. The molecule has 3 heteroatoms. The Labute approximate surface area is 121 Å². The van der Waals surface area contributed by atoms with Crippen LogP contribution in [0.5, 0.6) is 0 Å². The molecule has 1 aliphatic heterocycles. The molecule has 2 fully saturated rings. The van der Waals surface area contributed by atoms with Crippen LogP contribution in [0.15, 0.2) is 18.2 Å². The van der Waals surface area contributed by atoms with Gasteiger partial charge in [-0.3, -0.25) is 0 Å². The van der Waals surface area contributed by atoms with E-state index in [0.717, 1.165) is 23.7 Å². The maximum atomic E-state index is 14.5. The number of nitrogens with two attached hydrogens (primary N) is 1. The number of hydrogen-bond donors (Lipinski definition) is 1. The highest BCUT2D eigenvalue weighted by Gasteiger charge is 2.34. The minimum Gasteiger partial charge on any atom is -0.366 e. The van der Waals surface area contributed by atoms with Gasteiger partial charge in [-0.2, -0.15) is 0 Å². The minimum absolute atomic E-state index is 0.106. The molecule has 1 saturated heterocycles. The van der Waals surface area contributed by atoms with E-state index in [9.17, 15) is 4.39 Å². The molecule has 1 aromatic carbocycles. The van der Waals surface area contributed by atoms with Crippen LogP contribution in [0, 0.1) is 11.7 Å². The monoisotopic (exact) mass is 276 g/mol. The fourth-order valence-corrected chi connectivity index (χ4v) is 3.96. The Kier molecular flexibility index (Phi) is 3.97. The fourth-order valence-electron chi connectivity index (χ4n) is 3.96. The van der Waals surface area contributed by atoms with Crippen LogP contribution in [0.1, 0.15) is 57.1 Å². The van der Waals surface area contributed by atoms with Gasteiger partial charge in [0.15, 0.2) is 0 Å². The van der Waals surface area contributed by atoms with Gasteiger partial charge in [-0.1, -0.05) is 18.9 Å². The van der Waals surface area contributed by atoms with Crippen molar-refractivity contribution in [1.82, 2.24) is 0 Å². The third-order valence-corrected chi connectivity index (χ3v) is 5.05. The lowest BCUT2D eigenvalue weighted by Gasteiger charge is -2.45. The standard InChI is InChI=1S/C17H25FN2/c1-12(19)14-8-9-17(15(18)11-14)20-10-4-6-13-5-2-3-7-16(13)20/h8-9,11-13,16H,2-7,10,19H2,1H3. The predicted octanol–water partition coefficient (Wildman–Crippen LogP) is 4.00. The Morgan fingerprint density at radius 3 is 2.70 bits per heavy atom. The first-order valence-electron chi connectivity index (χ1n) is 7.98. The van der Waals surface area contributed by atoms with E-state index in [0.29, 0.717) is 6.04 Å². The van der Waals surface area contributed by atoms with E-state index in [1.807, 2.05) is 19.1 Å². The average molecular weight is 276 g/mol. The van der Waals surface area contributed by atoms with E-state index in [-0.39, 0.29) is 11.9 Å². The maximum Gasteiger partial charge on any atom is 0.146 e. The van der Waals surface area contributed by atoms with Crippen LogP contribution in [0.4, 0.5) is 10.1 Å². The van der Waals surface area contributed by atoms with E-state index in [1.165, 1.54) is 38.5 Å². The number of nitrogens with zero attached hydrogens (tertiary/aromatic N) is 1. The summed E-state index contributed by atoms with van der Waals surface area (Å²) in [4.78, 5) is 2.33. The first-order valence-corrected chi connectivity index (χ1v) is 7.98. The Balaban J connectivity index is 1.87. The lowest BCUT2D eigenvalue weighted by Crippen LogP contribution is -2.47. The second kappa shape index (κ2) is 5.72. The SMILES string of the molecule is CC(N)c1ccc(N2CCCC3CCCCC32)c(F)c1. The molecule has 0 radical (unpaired) electrons. The highest BCUT2D eigenvalue weighted by Crippen LogP contribution is 2.38. The highest BCUT2D eigenvalue weighted by molar-refractivity contribution is 5.51. The summed E-state index contributed by atoms with van der Waals surface area (Å²) in [7, 11) is 0. The first-order chi connectivity index (χ1) is 9.66. The fraction of sp³-hybridized carbons (Fsp3) is 0.647. The minimum atomic E-state index is -0.109. The third-order valence-electron chi connectivity index (χ3n) is 5.05. The van der Waals surface area contributed by atoms with Crippen LogP contribution in [0.25, 0.3) is 0 Å². The van der Waals surface area contributed by atoms with Gasteiger partial charge in [-0.05, 0) is 56.2 Å². The van der Waals surface area contributed by atoms with E-state index in [2.05, 4.69) is 4.90 Å². The largest absolute Gasteiger partial charge is 0.366 e. The third kappa shape index (κ3) is 2.56. The predicted molar refractivity (Wildman–Crippen MR) is 81.3 cm³/mol. The molecule has 1 heterocycles. The van der Waals surface area contributed by atoms with Gasteiger partial charge in [0.1, 0.15) is 5.82 Å². The first kappa shape index (κ1) is 13.9. The van der Waals surface area contributed by atoms with Gasteiger partial charge in [0.05, 0.1) is 5.69 Å². The lowest BCUT2D eigenvalue weighted by atomic mass is 9.78. The summed E-state index contributed by atoms with van der Waals surface area (Å²) in [5.41, 5.74) is 7.50. The normalized spacial score (nSPS) is 28.1. The van der Waals surface area contributed by atoms with Crippen molar-refractivity contribution >= 4 is 5.69 Å². The van der Waals surface area contributed by atoms with E-state index in [4.69, 9.17) is 5.73 Å². The van der Waals surface area contributed by atoms with Crippen LogP contribution >= 0.6 is 0 Å². The molecule has 0 amide bonds. The van der Waals surface area contributed by atoms with Gasteiger partial charge in [0, 0.05) is 18.6 Å². The number of hydrogen-bond acceptors (Lipinski definition) is 2. The van der Waals surface area contributed by atoms with Crippen molar-refractivity contribution in [2.45, 2.75) is 57.5 Å². The van der Waals surface area contributed by atoms with Crippen LogP contribution in [0.3, 0.4) is 0 Å². The summed E-state index contributed by atoms with van der Waals surface area (Å²) in [5.74, 6) is 0.663. The summed E-state index contributed by atoms with van der Waals surface area (Å²) in [6.07, 6.45) is 7.69. The number of fused-ring (bicyclic) bond motifs is 1. The zero-order valence-electron chi connectivity index (χ0n) is 12.3. The topological polar surface area (TPSA) is 29.3 Å². The number of rotatable bonds is 2. The number of piperidine rings is 1. The molecule has 0 spiro atoms. The van der Waals surface area contributed by atoms with Crippen molar-refractivity contribution in [1.29, 1.82) is 0 Å². The van der Waals surface area contributed by atoms with Crippen molar-refractivity contribution in [2.75, 3.05) is 11.4 Å². The van der Waals surface area contributed by atoms with Crippen molar-refractivity contribution in [3.8, 4) is 0 Å². The summed E-state index contributed by atoms with van der Waals surface area (Å²) >= 11 is 0. The molecule has 2 aliphatic rings. The van der Waals surface area contributed by atoms with Gasteiger partial charge in [0.2, 0.25) is 0 Å². The average Bonchev–Trinajstić information content (AvgIpc) is 2.46. The van der Waals surface area contributed by atoms with Crippen LogP contribution < -0.4 is 10.6 Å². The summed E-state index contributed by atoms with van der Waals surface area (Å²) in [6, 6.07) is 5.97. The molecule has 3 unspecified atom stereocenters. The van der Waals surface area contributed by atoms with Gasteiger partial charge in [-0.25, -0.2) is 4.39 Å². The molecule has 2 nitrogen and oxygen atoms in total. The van der Waals surface area contributed by atoms with Crippen molar-refractivity contribution in [3.05, 3.63) is 29.6 Å². The van der Waals surface area contributed by atoms with Gasteiger partial charge in [0.25, 0.3) is 0 Å². The zero-order valence-corrected chi connectivity index (χ0v) is 12.3. The van der Waals surface area contributed by atoms with Crippen molar-refractivity contribution in [3.63, 3.8) is 0 Å². The smallest absolute Gasteiger partial charge is 0.146 e. The molecule has 1 saturated carbocycles. The Hall–Kier alpha value is -1.09. The molecular formula is C17H25FN2. The molecule has 20 heavy (non-hydrogen) atoms. The number of benzene rings is 1.